The molecule has 0 spiro atoms. The molecule has 1 saturated heterocycles. The Bertz CT molecular complexity index is 129. The van der Waals surface area contributed by atoms with Gasteiger partial charge in [0.05, 0.1) is 11.2 Å². The fourth-order valence-corrected chi connectivity index (χ4v) is 0.889. The smallest absolute Gasteiger partial charge is 0.388 e. The minimum atomic E-state index is -0.565. The van der Waals surface area contributed by atoms with Crippen LogP contribution in [-0.2, 0) is 9.31 Å². The minimum absolute atomic E-state index is 0.285. The van der Waals surface area contributed by atoms with Crippen molar-refractivity contribution in [1.82, 2.24) is 0 Å². The van der Waals surface area contributed by atoms with Crippen molar-refractivity contribution in [3.8, 4) is 0 Å². The lowest BCUT2D eigenvalue weighted by Gasteiger charge is -2.32. The van der Waals surface area contributed by atoms with E-state index in [9.17, 15) is 0 Å². The average Bonchev–Trinajstić information content (AvgIpc) is 1.73. The van der Waals surface area contributed by atoms with Crippen LogP contribution < -0.4 is 0 Å². The lowest BCUT2D eigenvalue weighted by Crippen LogP contribution is -2.41. The van der Waals surface area contributed by atoms with Gasteiger partial charge in [-0.1, -0.05) is 0 Å². The summed E-state index contributed by atoms with van der Waals surface area (Å²) in [7, 11) is 4.88. The molecule has 1 aliphatic heterocycles. The second kappa shape index (κ2) is 2.02. The molecule has 1 rings (SSSR count). The van der Waals surface area contributed by atoms with Crippen LogP contribution in [0.2, 0.25) is 0 Å². The first-order valence-electron chi connectivity index (χ1n) is 3.46. The van der Waals surface area contributed by atoms with Crippen molar-refractivity contribution in [3.63, 3.8) is 0 Å². The van der Waals surface area contributed by atoms with Crippen LogP contribution in [0.25, 0.3) is 0 Å². The van der Waals surface area contributed by atoms with Crippen molar-refractivity contribution >= 4 is 14.7 Å². The second-order valence-corrected chi connectivity index (χ2v) is 3.62. The van der Waals surface area contributed by atoms with Gasteiger partial charge < -0.3 is 9.31 Å². The summed E-state index contributed by atoms with van der Waals surface area (Å²) in [6, 6.07) is 0. The maximum atomic E-state index is 5.44. The summed E-state index contributed by atoms with van der Waals surface area (Å²) in [6.45, 7) is 7.89. The molecule has 0 aliphatic carbocycles. The molecule has 4 heteroatoms. The average molecular weight is 138 g/mol. The molecule has 0 amide bonds. The molecule has 1 aliphatic rings. The largest absolute Gasteiger partial charge is 0.411 e. The van der Waals surface area contributed by atoms with E-state index < -0.39 is 7.01 Å². The fourth-order valence-electron chi connectivity index (χ4n) is 0.889. The molecule has 0 N–H and O–H groups in total. The Labute approximate surface area is 63.8 Å². The van der Waals surface area contributed by atoms with Gasteiger partial charge in [0.1, 0.15) is 7.74 Å². The lowest BCUT2D eigenvalue weighted by molar-refractivity contribution is 0.00578. The van der Waals surface area contributed by atoms with E-state index in [0.717, 1.165) is 0 Å². The van der Waals surface area contributed by atoms with E-state index in [1.165, 1.54) is 0 Å². The highest BCUT2D eigenvalue weighted by Gasteiger charge is 2.48. The Morgan fingerprint density at radius 3 is 1.40 bits per heavy atom. The molecule has 0 saturated carbocycles. The third-order valence-corrected chi connectivity index (χ3v) is 2.27. The van der Waals surface area contributed by atoms with Gasteiger partial charge in [0.2, 0.25) is 0 Å². The second-order valence-electron chi connectivity index (χ2n) is 3.62. The quantitative estimate of drug-likeness (QED) is 0.459. The SMILES string of the molecule is [B]B1OC(C)(C)C(C)(C)O1. The normalized spacial score (nSPS) is 29.0. The molecular weight excluding hydrogens is 126 g/mol. The Hall–Kier alpha value is 0.0499. The van der Waals surface area contributed by atoms with Gasteiger partial charge in [-0.05, 0) is 27.7 Å². The molecule has 1 heterocycles. The Morgan fingerprint density at radius 1 is 1.00 bits per heavy atom. The van der Waals surface area contributed by atoms with Gasteiger partial charge in [-0.3, -0.25) is 0 Å². The third-order valence-electron chi connectivity index (χ3n) is 2.27. The van der Waals surface area contributed by atoms with Crippen LogP contribution in [0.4, 0.5) is 0 Å². The van der Waals surface area contributed by atoms with Crippen molar-refractivity contribution in [2.75, 3.05) is 0 Å². The van der Waals surface area contributed by atoms with E-state index in [2.05, 4.69) is 0 Å². The zero-order valence-corrected chi connectivity index (χ0v) is 6.97. The monoisotopic (exact) mass is 138 g/mol. The molecule has 1 fully saturated rings. The van der Waals surface area contributed by atoms with Crippen molar-refractivity contribution in [1.29, 1.82) is 0 Å². The Morgan fingerprint density at radius 2 is 1.30 bits per heavy atom. The van der Waals surface area contributed by atoms with Crippen LogP contribution in [0.15, 0.2) is 0 Å². The van der Waals surface area contributed by atoms with Gasteiger partial charge in [-0.25, -0.2) is 0 Å². The minimum Gasteiger partial charge on any atom is -0.411 e. The Balaban J connectivity index is 2.78. The number of hydrogen-bond acceptors (Lipinski definition) is 2. The highest BCUT2D eigenvalue weighted by Crippen LogP contribution is 2.35. The highest BCUT2D eigenvalue weighted by atomic mass is 16.7. The number of hydrogen-bond donors (Lipinski definition) is 0. The van der Waals surface area contributed by atoms with Crippen molar-refractivity contribution in [2.45, 2.75) is 38.9 Å². The molecule has 0 atom stereocenters. The van der Waals surface area contributed by atoms with Crippen LogP contribution in [0.5, 0.6) is 0 Å². The molecule has 0 bridgehead atoms. The Kier molecular flexibility index (Phi) is 1.64. The summed E-state index contributed by atoms with van der Waals surface area (Å²) < 4.78 is 10.6. The molecule has 0 aromatic carbocycles. The lowest BCUT2D eigenvalue weighted by atomic mass is 9.63. The van der Waals surface area contributed by atoms with E-state index in [1.54, 1.807) is 0 Å². The summed E-state index contributed by atoms with van der Waals surface area (Å²) in [6.07, 6.45) is 0. The molecule has 0 unspecified atom stereocenters. The van der Waals surface area contributed by atoms with Gasteiger partial charge in [0, 0.05) is 0 Å². The van der Waals surface area contributed by atoms with Gasteiger partial charge in [0.15, 0.2) is 0 Å². The van der Waals surface area contributed by atoms with Crippen molar-refractivity contribution in [2.24, 2.45) is 0 Å². The predicted molar refractivity (Wildman–Crippen MR) is 41.8 cm³/mol. The summed E-state index contributed by atoms with van der Waals surface area (Å²) >= 11 is 0. The van der Waals surface area contributed by atoms with E-state index in [0.29, 0.717) is 0 Å². The summed E-state index contributed by atoms with van der Waals surface area (Å²) in [5.74, 6) is 0. The van der Waals surface area contributed by atoms with Crippen molar-refractivity contribution < 1.29 is 9.31 Å². The summed E-state index contributed by atoms with van der Waals surface area (Å²) in [5.41, 5.74) is -0.571. The first-order valence-corrected chi connectivity index (χ1v) is 3.46. The van der Waals surface area contributed by atoms with Crippen LogP contribution in [-0.4, -0.2) is 25.9 Å². The maximum Gasteiger partial charge on any atom is 0.388 e. The topological polar surface area (TPSA) is 18.5 Å². The van der Waals surface area contributed by atoms with E-state index in [-0.39, 0.29) is 11.2 Å². The third kappa shape index (κ3) is 1.10. The van der Waals surface area contributed by atoms with Crippen LogP contribution in [0, 0.1) is 0 Å². The van der Waals surface area contributed by atoms with Crippen LogP contribution in [0.1, 0.15) is 27.7 Å². The van der Waals surface area contributed by atoms with Gasteiger partial charge in [0.25, 0.3) is 0 Å². The molecule has 0 aromatic rings. The van der Waals surface area contributed by atoms with Gasteiger partial charge in [-0.15, -0.1) is 0 Å². The molecule has 0 aromatic heterocycles. The predicted octanol–water partition coefficient (Wildman–Crippen LogP) is 0.744. The first-order chi connectivity index (χ1) is 4.35. The zero-order valence-electron chi connectivity index (χ0n) is 6.97. The summed E-state index contributed by atoms with van der Waals surface area (Å²) in [5, 5.41) is 0. The molecule has 54 valence electrons. The van der Waals surface area contributed by atoms with E-state index in [4.69, 9.17) is 17.0 Å². The van der Waals surface area contributed by atoms with Crippen LogP contribution in [0.3, 0.4) is 0 Å². The molecule has 2 nitrogen and oxygen atoms in total. The first kappa shape index (κ1) is 8.15. The number of rotatable bonds is 0. The van der Waals surface area contributed by atoms with E-state index in [1.807, 2.05) is 27.7 Å². The standard InChI is InChI=1S/C6H12B2O2/c1-5(2)6(3,4)10-8(7)9-5/h1-4H3. The van der Waals surface area contributed by atoms with Crippen LogP contribution >= 0.6 is 0 Å². The highest BCUT2D eigenvalue weighted by molar-refractivity contribution is 6.95. The summed E-state index contributed by atoms with van der Waals surface area (Å²) in [4.78, 5) is 0. The molecular formula is C6H12B2O2. The van der Waals surface area contributed by atoms with Gasteiger partial charge >= 0.3 is 7.01 Å². The zero-order chi connectivity index (χ0) is 7.99. The fraction of sp³-hybridized carbons (Fsp3) is 1.00. The molecule has 2 radical (unpaired) electrons. The van der Waals surface area contributed by atoms with E-state index >= 15 is 0 Å². The van der Waals surface area contributed by atoms with Gasteiger partial charge in [-0.2, -0.15) is 0 Å². The molecule has 10 heavy (non-hydrogen) atoms. The maximum absolute atomic E-state index is 5.44. The van der Waals surface area contributed by atoms with Crippen molar-refractivity contribution in [3.05, 3.63) is 0 Å².